The van der Waals surface area contributed by atoms with Gasteiger partial charge in [-0.15, -0.1) is 0 Å². The van der Waals surface area contributed by atoms with Gasteiger partial charge in [0.15, 0.2) is 5.75 Å². The standard InChI is InChI=1S/C10H19NO4S/c1-7-4-8(2)9(3)11(5-7)16(14,15)6-10(12)13/h7-9H,4-6H2,1-3H3,(H,12,13). The zero-order valence-corrected chi connectivity index (χ0v) is 10.7. The molecule has 1 aliphatic heterocycles. The minimum Gasteiger partial charge on any atom is -0.480 e. The molecule has 3 atom stereocenters. The zero-order chi connectivity index (χ0) is 12.5. The summed E-state index contributed by atoms with van der Waals surface area (Å²) in [5.41, 5.74) is 0. The number of aliphatic carboxylic acids is 1. The summed E-state index contributed by atoms with van der Waals surface area (Å²) in [5.74, 6) is -1.54. The Labute approximate surface area is 96.5 Å². The van der Waals surface area contributed by atoms with Crippen LogP contribution in [0.2, 0.25) is 0 Å². The van der Waals surface area contributed by atoms with Crippen LogP contribution in [0.25, 0.3) is 0 Å². The Morgan fingerprint density at radius 2 is 1.94 bits per heavy atom. The maximum absolute atomic E-state index is 11.8. The summed E-state index contributed by atoms with van der Waals surface area (Å²) in [6.07, 6.45) is 0.986. The molecule has 0 spiro atoms. The van der Waals surface area contributed by atoms with Crippen LogP contribution < -0.4 is 0 Å². The summed E-state index contributed by atoms with van der Waals surface area (Å²) < 4.78 is 25.0. The van der Waals surface area contributed by atoms with E-state index in [4.69, 9.17) is 5.11 Å². The first-order valence-corrected chi connectivity index (χ1v) is 7.06. The van der Waals surface area contributed by atoms with E-state index < -0.39 is 21.7 Å². The zero-order valence-electron chi connectivity index (χ0n) is 9.88. The highest BCUT2D eigenvalue weighted by molar-refractivity contribution is 7.89. The van der Waals surface area contributed by atoms with Gasteiger partial charge in [0.1, 0.15) is 0 Å². The number of hydrogen-bond donors (Lipinski definition) is 1. The highest BCUT2D eigenvalue weighted by atomic mass is 32.2. The third-order valence-electron chi connectivity index (χ3n) is 3.21. The Balaban J connectivity index is 2.89. The van der Waals surface area contributed by atoms with Gasteiger partial charge >= 0.3 is 5.97 Å². The summed E-state index contributed by atoms with van der Waals surface area (Å²) in [6.45, 7) is 6.27. The summed E-state index contributed by atoms with van der Waals surface area (Å²) >= 11 is 0. The van der Waals surface area contributed by atoms with Gasteiger partial charge in [0.25, 0.3) is 0 Å². The second-order valence-electron chi connectivity index (χ2n) is 4.78. The van der Waals surface area contributed by atoms with E-state index in [1.165, 1.54) is 4.31 Å². The molecule has 0 amide bonds. The Bertz CT molecular complexity index is 365. The molecule has 0 saturated carbocycles. The Kier molecular flexibility index (Phi) is 3.96. The van der Waals surface area contributed by atoms with Crippen LogP contribution in [0.15, 0.2) is 0 Å². The van der Waals surface area contributed by atoms with E-state index in [-0.39, 0.29) is 17.9 Å². The topological polar surface area (TPSA) is 74.7 Å². The third-order valence-corrected chi connectivity index (χ3v) is 5.01. The molecule has 16 heavy (non-hydrogen) atoms. The molecule has 6 heteroatoms. The van der Waals surface area contributed by atoms with Crippen molar-refractivity contribution in [3.05, 3.63) is 0 Å². The Morgan fingerprint density at radius 3 is 2.44 bits per heavy atom. The maximum atomic E-state index is 11.8. The van der Waals surface area contributed by atoms with Gasteiger partial charge < -0.3 is 5.11 Å². The molecule has 1 N–H and O–H groups in total. The minimum absolute atomic E-state index is 0.111. The summed E-state index contributed by atoms with van der Waals surface area (Å²) in [5, 5.41) is 8.59. The molecule has 1 fully saturated rings. The molecular weight excluding hydrogens is 230 g/mol. The second-order valence-corrected chi connectivity index (χ2v) is 6.70. The van der Waals surface area contributed by atoms with Crippen LogP contribution in [-0.4, -0.2) is 42.1 Å². The van der Waals surface area contributed by atoms with Crippen LogP contribution >= 0.6 is 0 Å². The quantitative estimate of drug-likeness (QED) is 0.801. The van der Waals surface area contributed by atoms with Crippen LogP contribution in [-0.2, 0) is 14.8 Å². The number of rotatable bonds is 3. The Morgan fingerprint density at radius 1 is 1.38 bits per heavy atom. The molecule has 1 aliphatic rings. The molecule has 0 radical (unpaired) electrons. The number of sulfonamides is 1. The lowest BCUT2D eigenvalue weighted by molar-refractivity contribution is -0.134. The number of carbonyl (C=O) groups is 1. The van der Waals surface area contributed by atoms with Crippen molar-refractivity contribution in [2.45, 2.75) is 33.2 Å². The highest BCUT2D eigenvalue weighted by Gasteiger charge is 2.37. The first-order valence-electron chi connectivity index (χ1n) is 5.45. The van der Waals surface area contributed by atoms with Crippen molar-refractivity contribution in [3.8, 4) is 0 Å². The van der Waals surface area contributed by atoms with E-state index in [2.05, 4.69) is 0 Å². The van der Waals surface area contributed by atoms with Gasteiger partial charge in [-0.3, -0.25) is 4.79 Å². The average Bonchev–Trinajstić information content (AvgIpc) is 2.08. The van der Waals surface area contributed by atoms with Crippen LogP contribution in [0.4, 0.5) is 0 Å². The smallest absolute Gasteiger partial charge is 0.320 e. The van der Waals surface area contributed by atoms with E-state index in [1.54, 1.807) is 0 Å². The summed E-state index contributed by atoms with van der Waals surface area (Å²) in [7, 11) is -3.66. The van der Waals surface area contributed by atoms with Crippen LogP contribution in [0.3, 0.4) is 0 Å². The lowest BCUT2D eigenvalue weighted by Gasteiger charge is -2.39. The number of piperidine rings is 1. The van der Waals surface area contributed by atoms with Gasteiger partial charge in [0.2, 0.25) is 10.0 Å². The second kappa shape index (κ2) is 4.71. The van der Waals surface area contributed by atoms with E-state index in [0.29, 0.717) is 6.54 Å². The fourth-order valence-corrected chi connectivity index (χ4v) is 3.94. The number of nitrogens with zero attached hydrogens (tertiary/aromatic N) is 1. The normalized spacial score (nSPS) is 32.6. The van der Waals surface area contributed by atoms with E-state index in [9.17, 15) is 13.2 Å². The van der Waals surface area contributed by atoms with Gasteiger partial charge in [-0.2, -0.15) is 4.31 Å². The molecule has 0 bridgehead atoms. The van der Waals surface area contributed by atoms with Crippen molar-refractivity contribution >= 4 is 16.0 Å². The van der Waals surface area contributed by atoms with Crippen molar-refractivity contribution in [3.63, 3.8) is 0 Å². The van der Waals surface area contributed by atoms with Crippen molar-refractivity contribution in [2.75, 3.05) is 12.3 Å². The Hall–Kier alpha value is -0.620. The van der Waals surface area contributed by atoms with Crippen LogP contribution in [0.5, 0.6) is 0 Å². The first kappa shape index (κ1) is 13.4. The molecule has 1 heterocycles. The third kappa shape index (κ3) is 2.95. The molecule has 0 aliphatic carbocycles. The molecule has 94 valence electrons. The summed E-state index contributed by atoms with van der Waals surface area (Å²) in [6, 6.07) is -0.111. The van der Waals surface area contributed by atoms with Gasteiger partial charge in [0, 0.05) is 12.6 Å². The largest absolute Gasteiger partial charge is 0.480 e. The van der Waals surface area contributed by atoms with Crippen molar-refractivity contribution in [1.82, 2.24) is 4.31 Å². The fourth-order valence-electron chi connectivity index (χ4n) is 2.27. The predicted molar refractivity (Wildman–Crippen MR) is 60.5 cm³/mol. The van der Waals surface area contributed by atoms with Gasteiger partial charge in [-0.1, -0.05) is 13.8 Å². The van der Waals surface area contributed by atoms with E-state index in [1.807, 2.05) is 20.8 Å². The molecule has 0 aromatic rings. The molecule has 5 nitrogen and oxygen atoms in total. The van der Waals surface area contributed by atoms with Crippen molar-refractivity contribution in [1.29, 1.82) is 0 Å². The van der Waals surface area contributed by atoms with Crippen LogP contribution in [0.1, 0.15) is 27.2 Å². The molecule has 1 saturated heterocycles. The molecule has 0 aromatic heterocycles. The van der Waals surface area contributed by atoms with Crippen molar-refractivity contribution < 1.29 is 18.3 Å². The van der Waals surface area contributed by atoms with Gasteiger partial charge in [-0.25, -0.2) is 8.42 Å². The number of hydrogen-bond acceptors (Lipinski definition) is 3. The maximum Gasteiger partial charge on any atom is 0.320 e. The SMILES string of the molecule is CC1CC(C)C(C)N(S(=O)(=O)CC(=O)O)C1. The molecule has 1 rings (SSSR count). The lowest BCUT2D eigenvalue weighted by atomic mass is 9.88. The molecule has 3 unspecified atom stereocenters. The fraction of sp³-hybridized carbons (Fsp3) is 0.900. The average molecular weight is 249 g/mol. The highest BCUT2D eigenvalue weighted by Crippen LogP contribution is 2.29. The number of carboxylic acid groups (broad SMARTS) is 1. The minimum atomic E-state index is -3.66. The monoisotopic (exact) mass is 249 g/mol. The first-order chi connectivity index (χ1) is 7.24. The summed E-state index contributed by atoms with van der Waals surface area (Å²) in [4.78, 5) is 10.5. The van der Waals surface area contributed by atoms with Gasteiger partial charge in [-0.05, 0) is 25.2 Å². The van der Waals surface area contributed by atoms with Crippen molar-refractivity contribution in [2.24, 2.45) is 11.8 Å². The lowest BCUT2D eigenvalue weighted by Crippen LogP contribution is -2.50. The predicted octanol–water partition coefficient (Wildman–Crippen LogP) is 0.767. The van der Waals surface area contributed by atoms with E-state index >= 15 is 0 Å². The molecule has 0 aromatic carbocycles. The van der Waals surface area contributed by atoms with E-state index in [0.717, 1.165) is 6.42 Å². The van der Waals surface area contributed by atoms with Gasteiger partial charge in [0.05, 0.1) is 0 Å². The number of carboxylic acids is 1. The van der Waals surface area contributed by atoms with Crippen LogP contribution in [0, 0.1) is 11.8 Å². The molecular formula is C10H19NO4S.